The molecule has 2 nitrogen and oxygen atoms in total. The van der Waals surface area contributed by atoms with E-state index < -0.39 is 0 Å². The number of aryl methyl sites for hydroxylation is 1. The zero-order valence-electron chi connectivity index (χ0n) is 9.83. The van der Waals surface area contributed by atoms with Gasteiger partial charge in [0.1, 0.15) is 11.5 Å². The van der Waals surface area contributed by atoms with Crippen molar-refractivity contribution in [3.63, 3.8) is 0 Å². The highest BCUT2D eigenvalue weighted by Gasteiger charge is 2.17. The number of allylic oxidation sites excluding steroid dienone is 2. The van der Waals surface area contributed by atoms with Crippen LogP contribution in [0.2, 0.25) is 0 Å². The Morgan fingerprint density at radius 2 is 1.81 bits per heavy atom. The second-order valence-electron chi connectivity index (χ2n) is 4.74. The number of aromatic hydroxyl groups is 2. The highest BCUT2D eigenvalue weighted by molar-refractivity contribution is 5.76. The molecule has 86 valence electrons. The third-order valence-corrected chi connectivity index (χ3v) is 3.15. The van der Waals surface area contributed by atoms with Crippen LogP contribution in [-0.2, 0) is 0 Å². The molecule has 0 bridgehead atoms. The standard InChI is InChI=1S/C14H18O2/c1-9-4-3-5-11(6-9)14-12(15)7-10(2)8-13(14)16/h6-9,15-16H,3-5H2,1-2H3. The summed E-state index contributed by atoms with van der Waals surface area (Å²) in [7, 11) is 0. The van der Waals surface area contributed by atoms with E-state index in [9.17, 15) is 10.2 Å². The van der Waals surface area contributed by atoms with E-state index in [1.807, 2.05) is 6.92 Å². The Balaban J connectivity index is 2.47. The van der Waals surface area contributed by atoms with Crippen LogP contribution in [0, 0.1) is 12.8 Å². The van der Waals surface area contributed by atoms with Crippen molar-refractivity contribution in [3.8, 4) is 11.5 Å². The van der Waals surface area contributed by atoms with Gasteiger partial charge in [-0.25, -0.2) is 0 Å². The van der Waals surface area contributed by atoms with Gasteiger partial charge in [-0.1, -0.05) is 13.0 Å². The zero-order chi connectivity index (χ0) is 11.7. The van der Waals surface area contributed by atoms with Crippen LogP contribution in [-0.4, -0.2) is 10.2 Å². The third-order valence-electron chi connectivity index (χ3n) is 3.15. The first-order valence-electron chi connectivity index (χ1n) is 5.81. The van der Waals surface area contributed by atoms with Crippen LogP contribution in [0.5, 0.6) is 11.5 Å². The minimum atomic E-state index is 0.192. The Kier molecular flexibility index (Phi) is 2.90. The molecule has 0 saturated carbocycles. The van der Waals surface area contributed by atoms with E-state index in [-0.39, 0.29) is 11.5 Å². The summed E-state index contributed by atoms with van der Waals surface area (Å²) in [6.45, 7) is 4.03. The van der Waals surface area contributed by atoms with Crippen LogP contribution in [0.15, 0.2) is 18.2 Å². The average molecular weight is 218 g/mol. The first-order valence-corrected chi connectivity index (χ1v) is 5.81. The van der Waals surface area contributed by atoms with E-state index in [1.165, 1.54) is 6.42 Å². The van der Waals surface area contributed by atoms with Crippen LogP contribution >= 0.6 is 0 Å². The Hall–Kier alpha value is -1.44. The Labute approximate surface area is 96.2 Å². The number of rotatable bonds is 1. The fraction of sp³-hybridized carbons (Fsp3) is 0.429. The van der Waals surface area contributed by atoms with Gasteiger partial charge in [0.2, 0.25) is 0 Å². The van der Waals surface area contributed by atoms with E-state index in [1.54, 1.807) is 12.1 Å². The van der Waals surface area contributed by atoms with Crippen molar-refractivity contribution in [2.45, 2.75) is 33.1 Å². The fourth-order valence-electron chi connectivity index (χ4n) is 2.41. The molecule has 0 aliphatic heterocycles. The molecule has 2 heteroatoms. The van der Waals surface area contributed by atoms with Gasteiger partial charge in [0.15, 0.2) is 0 Å². The second kappa shape index (κ2) is 4.20. The number of benzene rings is 1. The van der Waals surface area contributed by atoms with Gasteiger partial charge in [0, 0.05) is 0 Å². The molecule has 1 aromatic carbocycles. The van der Waals surface area contributed by atoms with Crippen LogP contribution in [0.25, 0.3) is 5.57 Å². The molecule has 0 heterocycles. The second-order valence-corrected chi connectivity index (χ2v) is 4.74. The largest absolute Gasteiger partial charge is 0.507 e. The van der Waals surface area contributed by atoms with Crippen molar-refractivity contribution in [2.24, 2.45) is 5.92 Å². The molecule has 16 heavy (non-hydrogen) atoms. The molecule has 2 rings (SSSR count). The van der Waals surface area contributed by atoms with Gasteiger partial charge in [0.25, 0.3) is 0 Å². The van der Waals surface area contributed by atoms with E-state index in [4.69, 9.17) is 0 Å². The lowest BCUT2D eigenvalue weighted by molar-refractivity contribution is 0.445. The molecule has 0 fully saturated rings. The summed E-state index contributed by atoms with van der Waals surface area (Å²) < 4.78 is 0. The summed E-state index contributed by atoms with van der Waals surface area (Å²) in [4.78, 5) is 0. The number of hydrogen-bond acceptors (Lipinski definition) is 2. The van der Waals surface area contributed by atoms with Crippen LogP contribution in [0.3, 0.4) is 0 Å². The quantitative estimate of drug-likeness (QED) is 0.756. The molecule has 1 aliphatic carbocycles. The number of phenols is 2. The van der Waals surface area contributed by atoms with Gasteiger partial charge in [-0.05, 0) is 55.4 Å². The highest BCUT2D eigenvalue weighted by atomic mass is 16.3. The highest BCUT2D eigenvalue weighted by Crippen LogP contribution is 2.39. The summed E-state index contributed by atoms with van der Waals surface area (Å²) in [5, 5.41) is 19.8. The van der Waals surface area contributed by atoms with Crippen LogP contribution in [0.1, 0.15) is 37.3 Å². The van der Waals surface area contributed by atoms with E-state index in [0.717, 1.165) is 24.0 Å². The van der Waals surface area contributed by atoms with Gasteiger partial charge in [-0.15, -0.1) is 0 Å². The van der Waals surface area contributed by atoms with Crippen LogP contribution < -0.4 is 0 Å². The minimum absolute atomic E-state index is 0.192. The van der Waals surface area contributed by atoms with Gasteiger partial charge in [-0.3, -0.25) is 0 Å². The number of phenolic OH excluding ortho intramolecular Hbond substituents is 2. The normalized spacial score (nSPS) is 20.6. The van der Waals surface area contributed by atoms with Crippen molar-refractivity contribution < 1.29 is 10.2 Å². The maximum atomic E-state index is 9.91. The van der Waals surface area contributed by atoms with Gasteiger partial charge in [0.05, 0.1) is 5.56 Å². The molecule has 1 atom stereocenters. The SMILES string of the molecule is Cc1cc(O)c(C2=CC(C)CCC2)c(O)c1. The maximum Gasteiger partial charge on any atom is 0.127 e. The third kappa shape index (κ3) is 2.06. The van der Waals surface area contributed by atoms with Crippen molar-refractivity contribution in [3.05, 3.63) is 29.3 Å². The molecule has 0 aromatic heterocycles. The Bertz CT molecular complexity index is 409. The minimum Gasteiger partial charge on any atom is -0.507 e. The molecule has 1 aliphatic rings. The maximum absolute atomic E-state index is 9.91. The molecule has 1 unspecified atom stereocenters. The number of hydrogen-bond donors (Lipinski definition) is 2. The average Bonchev–Trinajstić information content (AvgIpc) is 2.15. The van der Waals surface area contributed by atoms with Crippen molar-refractivity contribution in [1.82, 2.24) is 0 Å². The molecular formula is C14H18O2. The van der Waals surface area contributed by atoms with E-state index in [0.29, 0.717) is 11.5 Å². The predicted molar refractivity (Wildman–Crippen MR) is 65.5 cm³/mol. The zero-order valence-corrected chi connectivity index (χ0v) is 9.83. The van der Waals surface area contributed by atoms with Gasteiger partial charge in [-0.2, -0.15) is 0 Å². The summed E-state index contributed by atoms with van der Waals surface area (Å²) in [6, 6.07) is 3.41. The summed E-state index contributed by atoms with van der Waals surface area (Å²) in [5.74, 6) is 0.916. The molecule has 0 amide bonds. The van der Waals surface area contributed by atoms with E-state index in [2.05, 4.69) is 13.0 Å². The molecule has 2 N–H and O–H groups in total. The topological polar surface area (TPSA) is 40.5 Å². The summed E-state index contributed by atoms with van der Waals surface area (Å²) in [6.07, 6.45) is 5.42. The van der Waals surface area contributed by atoms with Crippen molar-refractivity contribution in [2.75, 3.05) is 0 Å². The molecule has 0 saturated heterocycles. The first-order chi connectivity index (χ1) is 7.58. The van der Waals surface area contributed by atoms with Gasteiger partial charge >= 0.3 is 0 Å². The summed E-state index contributed by atoms with van der Waals surface area (Å²) in [5.41, 5.74) is 2.58. The molecular weight excluding hydrogens is 200 g/mol. The van der Waals surface area contributed by atoms with Crippen molar-refractivity contribution in [1.29, 1.82) is 0 Å². The molecule has 1 aromatic rings. The summed E-state index contributed by atoms with van der Waals surface area (Å²) >= 11 is 0. The Morgan fingerprint density at radius 1 is 1.19 bits per heavy atom. The fourth-order valence-corrected chi connectivity index (χ4v) is 2.41. The lowest BCUT2D eigenvalue weighted by atomic mass is 9.87. The lowest BCUT2D eigenvalue weighted by Crippen LogP contribution is -2.00. The van der Waals surface area contributed by atoms with E-state index >= 15 is 0 Å². The molecule has 0 spiro atoms. The van der Waals surface area contributed by atoms with Gasteiger partial charge < -0.3 is 10.2 Å². The predicted octanol–water partition coefficient (Wildman–Crippen LogP) is 3.61. The monoisotopic (exact) mass is 218 g/mol. The smallest absolute Gasteiger partial charge is 0.127 e. The Morgan fingerprint density at radius 3 is 2.38 bits per heavy atom. The van der Waals surface area contributed by atoms with Crippen LogP contribution in [0.4, 0.5) is 0 Å². The molecule has 0 radical (unpaired) electrons. The lowest BCUT2D eigenvalue weighted by Gasteiger charge is -2.19. The van der Waals surface area contributed by atoms with Crippen molar-refractivity contribution >= 4 is 5.57 Å². The first kappa shape index (κ1) is 11.1.